The van der Waals surface area contributed by atoms with Crippen molar-refractivity contribution in [3.63, 3.8) is 0 Å². The summed E-state index contributed by atoms with van der Waals surface area (Å²) in [5.74, 6) is 0.244. The summed E-state index contributed by atoms with van der Waals surface area (Å²) in [6.07, 6.45) is 8.51. The average Bonchev–Trinajstić information content (AvgIpc) is 2.87. The summed E-state index contributed by atoms with van der Waals surface area (Å²) < 4.78 is 0. The minimum atomic E-state index is -0.464. The van der Waals surface area contributed by atoms with E-state index >= 15 is 0 Å². The van der Waals surface area contributed by atoms with Crippen LogP contribution in [0.3, 0.4) is 0 Å². The lowest BCUT2D eigenvalue weighted by Crippen LogP contribution is -2.44. The number of allylic oxidation sites excluding steroid dienone is 4. The van der Waals surface area contributed by atoms with Crippen LogP contribution >= 0.6 is 0 Å². The van der Waals surface area contributed by atoms with E-state index in [0.29, 0.717) is 12.3 Å². The molecule has 0 bridgehead atoms. The van der Waals surface area contributed by atoms with E-state index < -0.39 is 10.8 Å². The van der Waals surface area contributed by atoms with Gasteiger partial charge in [-0.05, 0) is 37.2 Å². The number of fused-ring (bicyclic) bond motifs is 3. The minimum absolute atomic E-state index is 0.0201. The first-order valence-corrected chi connectivity index (χ1v) is 8.69. The van der Waals surface area contributed by atoms with Gasteiger partial charge in [-0.3, -0.25) is 4.79 Å². The predicted molar refractivity (Wildman–Crippen MR) is 88.3 cm³/mol. The minimum Gasteiger partial charge on any atom is -0.303 e. The van der Waals surface area contributed by atoms with Gasteiger partial charge in [0.05, 0.1) is 11.5 Å². The van der Waals surface area contributed by atoms with Crippen molar-refractivity contribution >= 4 is 12.1 Å². The molecule has 0 aromatic rings. The standard InChI is InChI=1S/C20H25NO2/c1-13(2)15-6-7-20(12-21)9-8-19(3)16(18(15)20)5-4-14(11-22)10-17(19)23/h4-5,11,13-14,16H,6-10H2,1-3H3/t14?,16-,19-,20-/m0/s1. The summed E-state index contributed by atoms with van der Waals surface area (Å²) >= 11 is 0. The lowest BCUT2D eigenvalue weighted by molar-refractivity contribution is -0.132. The fourth-order valence-corrected chi connectivity index (χ4v) is 4.88. The third-order valence-corrected chi connectivity index (χ3v) is 6.45. The van der Waals surface area contributed by atoms with Crippen LogP contribution < -0.4 is 0 Å². The molecule has 0 saturated heterocycles. The number of hydrogen-bond acceptors (Lipinski definition) is 3. The summed E-state index contributed by atoms with van der Waals surface area (Å²) in [4.78, 5) is 24.1. The molecule has 3 aliphatic rings. The third kappa shape index (κ3) is 2.23. The van der Waals surface area contributed by atoms with Gasteiger partial charge in [0.25, 0.3) is 0 Å². The second kappa shape index (κ2) is 5.44. The molecule has 0 amide bonds. The van der Waals surface area contributed by atoms with Gasteiger partial charge < -0.3 is 4.79 Å². The molecule has 23 heavy (non-hydrogen) atoms. The number of carbonyl (C=O) groups is 2. The summed E-state index contributed by atoms with van der Waals surface area (Å²) in [5.41, 5.74) is 1.72. The van der Waals surface area contributed by atoms with Crippen LogP contribution in [0, 0.1) is 39.9 Å². The third-order valence-electron chi connectivity index (χ3n) is 6.45. The number of aldehydes is 1. The Bertz CT molecular complexity index is 651. The van der Waals surface area contributed by atoms with Gasteiger partial charge in [0.1, 0.15) is 12.1 Å². The number of nitriles is 1. The Balaban J connectivity index is 2.18. The van der Waals surface area contributed by atoms with E-state index in [1.807, 2.05) is 13.0 Å². The molecule has 0 aliphatic heterocycles. The van der Waals surface area contributed by atoms with Gasteiger partial charge in [-0.1, -0.05) is 38.5 Å². The molecule has 0 spiro atoms. The van der Waals surface area contributed by atoms with Crippen molar-refractivity contribution in [2.45, 2.75) is 52.9 Å². The SMILES string of the molecule is CC(C)C1=C2[C@@H]3C=CC(C=O)CC(=O)[C@@]3(C)CC[C@]2(C#N)CC1. The highest BCUT2D eigenvalue weighted by atomic mass is 16.1. The van der Waals surface area contributed by atoms with Gasteiger partial charge >= 0.3 is 0 Å². The van der Waals surface area contributed by atoms with Crippen LogP contribution in [0.5, 0.6) is 0 Å². The van der Waals surface area contributed by atoms with Crippen molar-refractivity contribution < 1.29 is 9.59 Å². The van der Waals surface area contributed by atoms with Crippen LogP contribution in [-0.2, 0) is 9.59 Å². The Morgan fingerprint density at radius 1 is 1.30 bits per heavy atom. The fraction of sp³-hybridized carbons (Fsp3) is 0.650. The Kier molecular flexibility index (Phi) is 3.83. The van der Waals surface area contributed by atoms with Crippen LogP contribution in [0.2, 0.25) is 0 Å². The van der Waals surface area contributed by atoms with Crippen molar-refractivity contribution in [1.29, 1.82) is 5.26 Å². The van der Waals surface area contributed by atoms with Crippen LogP contribution in [0.15, 0.2) is 23.3 Å². The maximum Gasteiger partial charge on any atom is 0.140 e. The Labute approximate surface area is 138 Å². The summed E-state index contributed by atoms with van der Waals surface area (Å²) in [6, 6.07) is 2.60. The number of hydrogen-bond donors (Lipinski definition) is 0. The van der Waals surface area contributed by atoms with Crippen LogP contribution in [0.1, 0.15) is 52.9 Å². The quantitative estimate of drug-likeness (QED) is 0.572. The molecule has 1 saturated carbocycles. The lowest BCUT2D eigenvalue weighted by atomic mass is 9.55. The van der Waals surface area contributed by atoms with E-state index in [1.165, 1.54) is 11.1 Å². The number of ketones is 1. The molecule has 3 aliphatic carbocycles. The van der Waals surface area contributed by atoms with Crippen molar-refractivity contribution in [1.82, 2.24) is 0 Å². The zero-order chi connectivity index (χ0) is 16.8. The molecule has 0 N–H and O–H groups in total. The first-order valence-electron chi connectivity index (χ1n) is 8.69. The van der Waals surface area contributed by atoms with Gasteiger partial charge in [-0.2, -0.15) is 5.26 Å². The molecule has 3 nitrogen and oxygen atoms in total. The molecular weight excluding hydrogens is 286 g/mol. The highest BCUT2D eigenvalue weighted by Crippen LogP contribution is 2.61. The number of rotatable bonds is 2. The molecule has 0 aromatic heterocycles. The highest BCUT2D eigenvalue weighted by molar-refractivity contribution is 5.89. The second-order valence-electron chi connectivity index (χ2n) is 7.99. The maximum absolute atomic E-state index is 12.9. The van der Waals surface area contributed by atoms with Crippen LogP contribution in [0.25, 0.3) is 0 Å². The fourth-order valence-electron chi connectivity index (χ4n) is 4.88. The molecule has 0 heterocycles. The second-order valence-corrected chi connectivity index (χ2v) is 7.99. The Hall–Kier alpha value is -1.69. The van der Waals surface area contributed by atoms with E-state index in [-0.39, 0.29) is 17.6 Å². The number of nitrogens with zero attached hydrogens (tertiary/aromatic N) is 1. The topological polar surface area (TPSA) is 57.9 Å². The normalized spacial score (nSPS) is 39.7. The molecule has 1 fully saturated rings. The van der Waals surface area contributed by atoms with E-state index in [1.54, 1.807) is 0 Å². The smallest absolute Gasteiger partial charge is 0.140 e. The molecule has 1 unspecified atom stereocenters. The van der Waals surface area contributed by atoms with Crippen LogP contribution in [-0.4, -0.2) is 12.1 Å². The first kappa shape index (κ1) is 16.2. The van der Waals surface area contributed by atoms with Crippen molar-refractivity contribution in [3.8, 4) is 6.07 Å². The summed E-state index contributed by atoms with van der Waals surface area (Å²) in [6.45, 7) is 6.40. The molecule has 4 atom stereocenters. The average molecular weight is 311 g/mol. The molecule has 122 valence electrons. The number of Topliss-reactive ketones (excluding diaryl/α,β-unsaturated/α-hetero) is 1. The van der Waals surface area contributed by atoms with E-state index in [9.17, 15) is 14.9 Å². The van der Waals surface area contributed by atoms with Crippen LogP contribution in [0.4, 0.5) is 0 Å². The van der Waals surface area contributed by atoms with Gasteiger partial charge in [0, 0.05) is 23.7 Å². The van der Waals surface area contributed by atoms with Crippen molar-refractivity contribution in [2.75, 3.05) is 0 Å². The molecule has 0 aromatic carbocycles. The van der Waals surface area contributed by atoms with Crippen molar-refractivity contribution in [2.24, 2.45) is 28.6 Å². The van der Waals surface area contributed by atoms with E-state index in [2.05, 4.69) is 26.0 Å². The monoisotopic (exact) mass is 311 g/mol. The zero-order valence-electron chi connectivity index (χ0n) is 14.3. The van der Waals surface area contributed by atoms with Gasteiger partial charge in [-0.25, -0.2) is 0 Å². The molecule has 3 rings (SSSR count). The zero-order valence-corrected chi connectivity index (χ0v) is 14.3. The molecule has 3 heteroatoms. The summed E-state index contributed by atoms with van der Waals surface area (Å²) in [7, 11) is 0. The lowest BCUT2D eigenvalue weighted by Gasteiger charge is -2.46. The van der Waals surface area contributed by atoms with E-state index in [0.717, 1.165) is 32.0 Å². The Morgan fingerprint density at radius 3 is 2.65 bits per heavy atom. The first-order chi connectivity index (χ1) is 10.9. The number of carbonyl (C=O) groups excluding carboxylic acids is 2. The van der Waals surface area contributed by atoms with E-state index in [4.69, 9.17) is 0 Å². The predicted octanol–water partition coefficient (Wildman–Crippen LogP) is 4.00. The largest absolute Gasteiger partial charge is 0.303 e. The maximum atomic E-state index is 12.9. The Morgan fingerprint density at radius 2 is 2.04 bits per heavy atom. The van der Waals surface area contributed by atoms with Crippen molar-refractivity contribution in [3.05, 3.63) is 23.3 Å². The molecule has 0 radical (unpaired) electrons. The highest BCUT2D eigenvalue weighted by Gasteiger charge is 2.56. The summed E-state index contributed by atoms with van der Waals surface area (Å²) in [5, 5.41) is 9.91. The van der Waals surface area contributed by atoms with Gasteiger partial charge in [0.15, 0.2) is 0 Å². The van der Waals surface area contributed by atoms with Gasteiger partial charge in [0.2, 0.25) is 0 Å². The van der Waals surface area contributed by atoms with Gasteiger partial charge in [-0.15, -0.1) is 0 Å². The molecular formula is C20H25NO2.